The molecule has 0 aromatic rings. The van der Waals surface area contributed by atoms with E-state index in [9.17, 15) is 9.90 Å². The van der Waals surface area contributed by atoms with E-state index in [1.165, 1.54) is 0 Å². The molecule has 1 aliphatic rings. The third-order valence-corrected chi connectivity index (χ3v) is 3.59. The van der Waals surface area contributed by atoms with Gasteiger partial charge in [-0.25, -0.2) is 0 Å². The maximum absolute atomic E-state index is 11.4. The van der Waals surface area contributed by atoms with E-state index in [1.807, 2.05) is 0 Å². The second kappa shape index (κ2) is 6.97. The van der Waals surface area contributed by atoms with Crippen molar-refractivity contribution in [2.24, 2.45) is 17.1 Å². The van der Waals surface area contributed by atoms with Crippen LogP contribution >= 0.6 is 0 Å². The summed E-state index contributed by atoms with van der Waals surface area (Å²) >= 11 is 0. The Labute approximate surface area is 104 Å². The van der Waals surface area contributed by atoms with Crippen molar-refractivity contribution >= 4 is 5.97 Å². The van der Waals surface area contributed by atoms with Crippen LogP contribution in [0, 0.1) is 11.3 Å². The molecule has 1 fully saturated rings. The first kappa shape index (κ1) is 14.5. The van der Waals surface area contributed by atoms with E-state index in [0.29, 0.717) is 18.9 Å². The molecular formula is C13H25NO3. The number of carboxylic acids is 1. The largest absolute Gasteiger partial charge is 0.481 e. The van der Waals surface area contributed by atoms with Gasteiger partial charge in [-0.1, -0.05) is 26.2 Å². The highest BCUT2D eigenvalue weighted by Gasteiger charge is 2.41. The third-order valence-electron chi connectivity index (χ3n) is 3.59. The standard InChI is InChI=1S/C13H25NO3/c1-2-3-7-17-8-6-13(10-14,12(15)16)9-11-4-5-11/h11H,2-10,14H2,1H3,(H,15,16). The number of carbonyl (C=O) groups is 1. The van der Waals surface area contributed by atoms with Gasteiger partial charge in [-0.3, -0.25) is 4.79 Å². The quantitative estimate of drug-likeness (QED) is 0.576. The van der Waals surface area contributed by atoms with Gasteiger partial charge in [0, 0.05) is 19.8 Å². The SMILES string of the molecule is CCCCOCCC(CN)(CC1CC1)C(=O)O. The minimum absolute atomic E-state index is 0.218. The fourth-order valence-electron chi connectivity index (χ4n) is 2.06. The first-order valence-corrected chi connectivity index (χ1v) is 6.66. The number of hydrogen-bond acceptors (Lipinski definition) is 3. The van der Waals surface area contributed by atoms with Gasteiger partial charge < -0.3 is 15.6 Å². The van der Waals surface area contributed by atoms with Crippen molar-refractivity contribution < 1.29 is 14.6 Å². The number of hydrogen-bond donors (Lipinski definition) is 2. The summed E-state index contributed by atoms with van der Waals surface area (Å²) in [4.78, 5) is 11.4. The monoisotopic (exact) mass is 243 g/mol. The highest BCUT2D eigenvalue weighted by molar-refractivity contribution is 5.75. The predicted molar refractivity (Wildman–Crippen MR) is 66.8 cm³/mol. The molecule has 0 saturated heterocycles. The molecule has 0 amide bonds. The molecule has 0 spiro atoms. The van der Waals surface area contributed by atoms with E-state index in [1.54, 1.807) is 0 Å². The topological polar surface area (TPSA) is 72.5 Å². The maximum Gasteiger partial charge on any atom is 0.311 e. The molecule has 0 radical (unpaired) electrons. The zero-order valence-electron chi connectivity index (χ0n) is 10.8. The lowest BCUT2D eigenvalue weighted by Gasteiger charge is -2.27. The van der Waals surface area contributed by atoms with Gasteiger partial charge in [0.1, 0.15) is 0 Å². The molecule has 0 aromatic heterocycles. The molecule has 0 bridgehead atoms. The Morgan fingerprint density at radius 1 is 1.47 bits per heavy atom. The first-order chi connectivity index (χ1) is 8.14. The summed E-state index contributed by atoms with van der Waals surface area (Å²) < 4.78 is 5.46. The van der Waals surface area contributed by atoms with Crippen molar-refractivity contribution in [1.29, 1.82) is 0 Å². The Balaban J connectivity index is 2.36. The molecule has 3 N–H and O–H groups in total. The number of aliphatic carboxylic acids is 1. The number of ether oxygens (including phenoxy) is 1. The normalized spacial score (nSPS) is 18.9. The third kappa shape index (κ3) is 4.64. The van der Waals surface area contributed by atoms with E-state index in [0.717, 1.165) is 38.7 Å². The van der Waals surface area contributed by atoms with Gasteiger partial charge in [-0.05, 0) is 25.2 Å². The molecule has 1 aliphatic carbocycles. The zero-order chi connectivity index (χ0) is 12.7. The Bertz CT molecular complexity index is 241. The lowest BCUT2D eigenvalue weighted by Crippen LogP contribution is -2.40. The summed E-state index contributed by atoms with van der Waals surface area (Å²) in [5.74, 6) is -0.184. The van der Waals surface area contributed by atoms with E-state index in [2.05, 4.69) is 6.92 Å². The van der Waals surface area contributed by atoms with Crippen LogP contribution in [0.4, 0.5) is 0 Å². The van der Waals surface area contributed by atoms with E-state index >= 15 is 0 Å². The smallest absolute Gasteiger partial charge is 0.311 e. The minimum atomic E-state index is -0.758. The second-order valence-electron chi connectivity index (χ2n) is 5.15. The highest BCUT2D eigenvalue weighted by atomic mass is 16.5. The first-order valence-electron chi connectivity index (χ1n) is 6.66. The number of carboxylic acid groups (broad SMARTS) is 1. The Kier molecular flexibility index (Phi) is 5.92. The summed E-state index contributed by atoms with van der Waals surface area (Å²) in [6, 6.07) is 0. The molecule has 0 aliphatic heterocycles. The maximum atomic E-state index is 11.4. The molecular weight excluding hydrogens is 218 g/mol. The van der Waals surface area contributed by atoms with Gasteiger partial charge in [0.2, 0.25) is 0 Å². The Morgan fingerprint density at radius 3 is 2.65 bits per heavy atom. The molecule has 0 heterocycles. The van der Waals surface area contributed by atoms with Crippen LogP contribution in [0.15, 0.2) is 0 Å². The summed E-state index contributed by atoms with van der Waals surface area (Å²) in [6.07, 6.45) is 5.71. The van der Waals surface area contributed by atoms with Gasteiger partial charge >= 0.3 is 5.97 Å². The zero-order valence-corrected chi connectivity index (χ0v) is 10.8. The highest BCUT2D eigenvalue weighted by Crippen LogP contribution is 2.41. The molecule has 4 nitrogen and oxygen atoms in total. The van der Waals surface area contributed by atoms with Crippen LogP contribution in [-0.4, -0.2) is 30.8 Å². The van der Waals surface area contributed by atoms with E-state index in [-0.39, 0.29) is 6.54 Å². The van der Waals surface area contributed by atoms with Crippen molar-refractivity contribution in [2.75, 3.05) is 19.8 Å². The summed E-state index contributed by atoms with van der Waals surface area (Å²) in [5, 5.41) is 9.37. The minimum Gasteiger partial charge on any atom is -0.481 e. The van der Waals surface area contributed by atoms with Crippen LogP contribution in [0.1, 0.15) is 45.4 Å². The lowest BCUT2D eigenvalue weighted by atomic mass is 9.79. The van der Waals surface area contributed by atoms with Gasteiger partial charge in [-0.2, -0.15) is 0 Å². The molecule has 1 unspecified atom stereocenters. The van der Waals surface area contributed by atoms with Crippen LogP contribution in [0.3, 0.4) is 0 Å². The summed E-state index contributed by atoms with van der Waals surface area (Å²) in [7, 11) is 0. The predicted octanol–water partition coefficient (Wildman–Crippen LogP) is 2.02. The fourth-order valence-corrected chi connectivity index (χ4v) is 2.06. The number of rotatable bonds is 10. The number of unbranched alkanes of at least 4 members (excludes halogenated alkanes) is 1. The van der Waals surface area contributed by atoms with Gasteiger partial charge in [0.15, 0.2) is 0 Å². The van der Waals surface area contributed by atoms with Crippen LogP contribution in [0.2, 0.25) is 0 Å². The van der Waals surface area contributed by atoms with Crippen molar-refractivity contribution in [3.63, 3.8) is 0 Å². The average Bonchev–Trinajstić information content (AvgIpc) is 3.10. The average molecular weight is 243 g/mol. The molecule has 0 aromatic carbocycles. The van der Waals surface area contributed by atoms with Crippen LogP contribution in [0.5, 0.6) is 0 Å². The van der Waals surface area contributed by atoms with Crippen molar-refractivity contribution in [1.82, 2.24) is 0 Å². The van der Waals surface area contributed by atoms with Gasteiger partial charge in [0.05, 0.1) is 5.41 Å². The summed E-state index contributed by atoms with van der Waals surface area (Å²) in [5.41, 5.74) is 4.93. The van der Waals surface area contributed by atoms with Crippen LogP contribution < -0.4 is 5.73 Å². The number of nitrogens with two attached hydrogens (primary N) is 1. The van der Waals surface area contributed by atoms with Crippen molar-refractivity contribution in [2.45, 2.75) is 45.4 Å². The van der Waals surface area contributed by atoms with E-state index in [4.69, 9.17) is 10.5 Å². The molecule has 100 valence electrons. The van der Waals surface area contributed by atoms with Crippen molar-refractivity contribution in [3.05, 3.63) is 0 Å². The van der Waals surface area contributed by atoms with Crippen LogP contribution in [-0.2, 0) is 9.53 Å². The van der Waals surface area contributed by atoms with Crippen LogP contribution in [0.25, 0.3) is 0 Å². The van der Waals surface area contributed by atoms with Gasteiger partial charge in [-0.15, -0.1) is 0 Å². The Hall–Kier alpha value is -0.610. The Morgan fingerprint density at radius 2 is 2.18 bits per heavy atom. The van der Waals surface area contributed by atoms with E-state index < -0.39 is 11.4 Å². The van der Waals surface area contributed by atoms with Crippen molar-refractivity contribution in [3.8, 4) is 0 Å². The summed E-state index contributed by atoms with van der Waals surface area (Å²) in [6.45, 7) is 3.56. The molecule has 1 saturated carbocycles. The molecule has 17 heavy (non-hydrogen) atoms. The fraction of sp³-hybridized carbons (Fsp3) is 0.923. The molecule has 1 atom stereocenters. The second-order valence-corrected chi connectivity index (χ2v) is 5.15. The lowest BCUT2D eigenvalue weighted by molar-refractivity contribution is -0.150. The molecule has 4 heteroatoms. The van der Waals surface area contributed by atoms with Gasteiger partial charge in [0.25, 0.3) is 0 Å². The molecule has 1 rings (SSSR count).